The van der Waals surface area contributed by atoms with E-state index in [1.165, 1.54) is 5.56 Å². The van der Waals surface area contributed by atoms with Crippen LogP contribution in [-0.2, 0) is 6.54 Å². The molecule has 0 radical (unpaired) electrons. The minimum Gasteiger partial charge on any atom is -0.338 e. The number of rotatable bonds is 6. The lowest BCUT2D eigenvalue weighted by Gasteiger charge is -2.33. The van der Waals surface area contributed by atoms with E-state index in [-0.39, 0.29) is 12.1 Å². The molecule has 2 amide bonds. The molecule has 1 aliphatic heterocycles. The van der Waals surface area contributed by atoms with Crippen molar-refractivity contribution in [3.8, 4) is 0 Å². The van der Waals surface area contributed by atoms with E-state index in [4.69, 9.17) is 0 Å². The molecule has 1 atom stereocenters. The van der Waals surface area contributed by atoms with Gasteiger partial charge in [0.05, 0.1) is 6.04 Å². The Bertz CT molecular complexity index is 699. The van der Waals surface area contributed by atoms with Crippen LogP contribution in [0.4, 0.5) is 4.79 Å². The van der Waals surface area contributed by atoms with Crippen LogP contribution >= 0.6 is 0 Å². The predicted octanol–water partition coefficient (Wildman–Crippen LogP) is 3.70. The average Bonchev–Trinajstić information content (AvgIpc) is 2.73. The number of nitrogens with one attached hydrogen (secondary N) is 1. The molecule has 1 fully saturated rings. The van der Waals surface area contributed by atoms with Crippen molar-refractivity contribution in [1.82, 2.24) is 20.1 Å². The number of benzene rings is 1. The van der Waals surface area contributed by atoms with Crippen LogP contribution in [0.5, 0.6) is 0 Å². The fraction of sp³-hybridized carbons (Fsp3) is 0.455. The Morgan fingerprint density at radius 1 is 1.22 bits per heavy atom. The number of piperidine rings is 1. The lowest BCUT2D eigenvalue weighted by atomic mass is 9.96. The van der Waals surface area contributed by atoms with E-state index in [0.29, 0.717) is 5.92 Å². The second-order valence-electron chi connectivity index (χ2n) is 7.46. The van der Waals surface area contributed by atoms with Crippen LogP contribution in [0.25, 0.3) is 0 Å². The summed E-state index contributed by atoms with van der Waals surface area (Å²) in [6.45, 7) is 5.99. The molecule has 1 aromatic heterocycles. The van der Waals surface area contributed by atoms with Gasteiger partial charge in [-0.25, -0.2) is 4.79 Å². The zero-order chi connectivity index (χ0) is 19.1. The first-order valence-electron chi connectivity index (χ1n) is 9.80. The average molecular weight is 367 g/mol. The van der Waals surface area contributed by atoms with Crippen LogP contribution in [0.15, 0.2) is 54.9 Å². The Balaban J connectivity index is 1.40. The summed E-state index contributed by atoms with van der Waals surface area (Å²) in [7, 11) is 1.84. The molecular formula is C22H30N4O. The summed E-state index contributed by atoms with van der Waals surface area (Å²) in [5, 5.41) is 3.12. The molecule has 5 heteroatoms. The molecule has 27 heavy (non-hydrogen) atoms. The van der Waals surface area contributed by atoms with Crippen molar-refractivity contribution >= 4 is 6.03 Å². The molecular weight excluding hydrogens is 336 g/mol. The number of likely N-dealkylation sites (tertiary alicyclic amines) is 1. The van der Waals surface area contributed by atoms with Crippen LogP contribution in [0.3, 0.4) is 0 Å². The molecule has 2 aromatic rings. The molecule has 1 N–H and O–H groups in total. The number of pyridine rings is 1. The van der Waals surface area contributed by atoms with Gasteiger partial charge in [0.2, 0.25) is 0 Å². The summed E-state index contributed by atoms with van der Waals surface area (Å²) in [6, 6.07) is 14.5. The zero-order valence-corrected chi connectivity index (χ0v) is 16.3. The van der Waals surface area contributed by atoms with E-state index in [9.17, 15) is 4.79 Å². The minimum absolute atomic E-state index is 0.00594. The van der Waals surface area contributed by atoms with Crippen LogP contribution in [0, 0.1) is 5.92 Å². The van der Waals surface area contributed by atoms with Crippen LogP contribution in [0.2, 0.25) is 0 Å². The monoisotopic (exact) mass is 366 g/mol. The molecule has 5 nitrogen and oxygen atoms in total. The van der Waals surface area contributed by atoms with Gasteiger partial charge in [0.25, 0.3) is 0 Å². The summed E-state index contributed by atoms with van der Waals surface area (Å²) in [4.78, 5) is 20.9. The topological polar surface area (TPSA) is 48.5 Å². The second kappa shape index (κ2) is 9.51. The summed E-state index contributed by atoms with van der Waals surface area (Å²) < 4.78 is 0. The Hall–Kier alpha value is -2.40. The third kappa shape index (κ3) is 5.54. The molecule has 1 saturated heterocycles. The molecule has 0 bridgehead atoms. The number of amides is 2. The van der Waals surface area contributed by atoms with Crippen molar-refractivity contribution in [3.63, 3.8) is 0 Å². The lowest BCUT2D eigenvalue weighted by Crippen LogP contribution is -2.43. The molecule has 1 aliphatic rings. The molecule has 0 spiro atoms. The van der Waals surface area contributed by atoms with E-state index in [1.807, 2.05) is 32.3 Å². The first-order chi connectivity index (χ1) is 13.1. The number of nitrogens with zero attached hydrogens (tertiary/aromatic N) is 3. The van der Waals surface area contributed by atoms with E-state index in [2.05, 4.69) is 45.5 Å². The van der Waals surface area contributed by atoms with Gasteiger partial charge in [-0.05, 0) is 56.0 Å². The van der Waals surface area contributed by atoms with E-state index >= 15 is 0 Å². The SMILES string of the molecule is C[C@H](c1cccnc1)N(C)C(=O)NCC1CCN(Cc2ccccc2)CC1. The quantitative estimate of drug-likeness (QED) is 0.848. The summed E-state index contributed by atoms with van der Waals surface area (Å²) in [5.41, 5.74) is 2.42. The fourth-order valence-electron chi connectivity index (χ4n) is 3.57. The van der Waals surface area contributed by atoms with Crippen molar-refractivity contribution in [1.29, 1.82) is 0 Å². The number of hydrogen-bond donors (Lipinski definition) is 1. The van der Waals surface area contributed by atoms with Gasteiger partial charge < -0.3 is 10.2 Å². The highest BCUT2D eigenvalue weighted by atomic mass is 16.2. The Morgan fingerprint density at radius 2 is 1.96 bits per heavy atom. The van der Waals surface area contributed by atoms with Crippen LogP contribution < -0.4 is 5.32 Å². The van der Waals surface area contributed by atoms with Gasteiger partial charge >= 0.3 is 6.03 Å². The maximum atomic E-state index is 12.5. The van der Waals surface area contributed by atoms with E-state index < -0.39 is 0 Å². The molecule has 2 heterocycles. The third-order valence-electron chi connectivity index (χ3n) is 5.57. The van der Waals surface area contributed by atoms with Gasteiger partial charge in [-0.3, -0.25) is 9.88 Å². The number of aromatic nitrogens is 1. The van der Waals surface area contributed by atoms with Crippen molar-refractivity contribution in [3.05, 3.63) is 66.0 Å². The number of urea groups is 1. The fourth-order valence-corrected chi connectivity index (χ4v) is 3.57. The van der Waals surface area contributed by atoms with Gasteiger partial charge in [-0.1, -0.05) is 36.4 Å². The maximum absolute atomic E-state index is 12.5. The summed E-state index contributed by atoms with van der Waals surface area (Å²) >= 11 is 0. The van der Waals surface area contributed by atoms with Crippen molar-refractivity contribution in [2.24, 2.45) is 5.92 Å². The van der Waals surface area contributed by atoms with Gasteiger partial charge in [-0.2, -0.15) is 0 Å². The molecule has 1 aromatic carbocycles. The van der Waals surface area contributed by atoms with Gasteiger partial charge in [-0.15, -0.1) is 0 Å². The Labute approximate surface area is 162 Å². The highest BCUT2D eigenvalue weighted by molar-refractivity contribution is 5.74. The Morgan fingerprint density at radius 3 is 2.63 bits per heavy atom. The van der Waals surface area contributed by atoms with Gasteiger partial charge in [0.1, 0.15) is 0 Å². The molecule has 0 unspecified atom stereocenters. The normalized spacial score (nSPS) is 16.7. The van der Waals surface area contributed by atoms with Crippen LogP contribution in [0.1, 0.15) is 36.9 Å². The highest BCUT2D eigenvalue weighted by Gasteiger charge is 2.22. The third-order valence-corrected chi connectivity index (χ3v) is 5.57. The molecule has 3 rings (SSSR count). The zero-order valence-electron chi connectivity index (χ0n) is 16.3. The molecule has 0 saturated carbocycles. The lowest BCUT2D eigenvalue weighted by molar-refractivity contribution is 0.167. The Kier molecular flexibility index (Phi) is 6.82. The smallest absolute Gasteiger partial charge is 0.317 e. The van der Waals surface area contributed by atoms with Gasteiger partial charge in [0.15, 0.2) is 0 Å². The largest absolute Gasteiger partial charge is 0.338 e. The number of hydrogen-bond acceptors (Lipinski definition) is 3. The molecule has 144 valence electrons. The van der Waals surface area contributed by atoms with E-state index in [0.717, 1.165) is 44.6 Å². The number of carbonyl (C=O) groups excluding carboxylic acids is 1. The standard InChI is InChI=1S/C22H30N4O/c1-18(21-9-6-12-23-16-21)25(2)22(27)24-15-19-10-13-26(14-11-19)17-20-7-4-3-5-8-20/h3-9,12,16,18-19H,10-11,13-15,17H2,1-2H3,(H,24,27)/t18-/m1/s1. The summed E-state index contributed by atoms with van der Waals surface area (Å²) in [5.74, 6) is 0.558. The van der Waals surface area contributed by atoms with Crippen molar-refractivity contribution in [2.45, 2.75) is 32.4 Å². The van der Waals surface area contributed by atoms with Crippen molar-refractivity contribution in [2.75, 3.05) is 26.7 Å². The minimum atomic E-state index is -0.0157. The second-order valence-corrected chi connectivity index (χ2v) is 7.46. The first kappa shape index (κ1) is 19.4. The molecule has 0 aliphatic carbocycles. The predicted molar refractivity (Wildman–Crippen MR) is 108 cm³/mol. The van der Waals surface area contributed by atoms with Crippen molar-refractivity contribution < 1.29 is 4.79 Å². The van der Waals surface area contributed by atoms with Gasteiger partial charge in [0, 0.05) is 32.5 Å². The maximum Gasteiger partial charge on any atom is 0.317 e. The first-order valence-corrected chi connectivity index (χ1v) is 9.80. The van der Waals surface area contributed by atoms with E-state index in [1.54, 1.807) is 11.1 Å². The number of carbonyl (C=O) groups is 1. The highest BCUT2D eigenvalue weighted by Crippen LogP contribution is 2.20. The van der Waals surface area contributed by atoms with Crippen LogP contribution in [-0.4, -0.2) is 47.5 Å². The summed E-state index contributed by atoms with van der Waals surface area (Å²) in [6.07, 6.45) is 5.83.